The third kappa shape index (κ3) is 6.49. The molecule has 4 nitrogen and oxygen atoms in total. The maximum Gasteiger partial charge on any atom is 0.242 e. The molecule has 0 bridgehead atoms. The Kier molecular flexibility index (Phi) is 8.57. The number of nitrogens with one attached hydrogen (secondary N) is 1. The number of likely N-dealkylation sites (N-methyl/N-ethyl adjacent to an activating group) is 1. The van der Waals surface area contributed by atoms with Crippen LogP contribution < -0.4 is 5.32 Å². The predicted molar refractivity (Wildman–Crippen MR) is 130 cm³/mol. The Morgan fingerprint density at radius 3 is 2.12 bits per heavy atom. The zero-order chi connectivity index (χ0) is 23.1. The Bertz CT molecular complexity index is 1070. The largest absolute Gasteiger partial charge is 0.357 e. The zero-order valence-corrected chi connectivity index (χ0v) is 19.8. The van der Waals surface area contributed by atoms with Crippen molar-refractivity contribution >= 4 is 46.6 Å². The molecule has 32 heavy (non-hydrogen) atoms. The van der Waals surface area contributed by atoms with E-state index in [9.17, 15) is 9.59 Å². The van der Waals surface area contributed by atoms with Crippen LogP contribution in [0.25, 0.3) is 0 Å². The minimum Gasteiger partial charge on any atom is -0.357 e. The zero-order valence-electron chi connectivity index (χ0n) is 17.5. The van der Waals surface area contributed by atoms with Crippen molar-refractivity contribution in [3.05, 3.63) is 105 Å². The van der Waals surface area contributed by atoms with Gasteiger partial charge in [-0.15, -0.1) is 0 Å². The van der Waals surface area contributed by atoms with Gasteiger partial charge < -0.3 is 10.2 Å². The molecule has 3 rings (SSSR count). The van der Waals surface area contributed by atoms with Gasteiger partial charge in [0.25, 0.3) is 0 Å². The van der Waals surface area contributed by atoms with E-state index in [1.807, 2.05) is 42.5 Å². The predicted octanol–water partition coefficient (Wildman–Crippen LogP) is 5.58. The SMILES string of the molecule is CNC(=O)[C@@H](Cc1ccccc1)N(Cc1ccc(Cl)c(Cl)c1)C(=O)Cc1ccc(Cl)cc1. The molecule has 1 atom stereocenters. The van der Waals surface area contributed by atoms with E-state index in [0.717, 1.165) is 16.7 Å². The van der Waals surface area contributed by atoms with Crippen LogP contribution >= 0.6 is 34.8 Å². The molecule has 0 aromatic heterocycles. The second-order valence-electron chi connectivity index (χ2n) is 7.39. The van der Waals surface area contributed by atoms with Crippen LogP contribution in [-0.4, -0.2) is 29.8 Å². The summed E-state index contributed by atoms with van der Waals surface area (Å²) in [5, 5.41) is 4.13. The summed E-state index contributed by atoms with van der Waals surface area (Å²) in [6.45, 7) is 0.217. The number of halogens is 3. The van der Waals surface area contributed by atoms with Gasteiger partial charge in [0.1, 0.15) is 6.04 Å². The van der Waals surface area contributed by atoms with Crippen molar-refractivity contribution in [2.45, 2.75) is 25.4 Å². The summed E-state index contributed by atoms with van der Waals surface area (Å²) >= 11 is 18.2. The molecule has 0 unspecified atom stereocenters. The molecule has 166 valence electrons. The minimum atomic E-state index is -0.698. The van der Waals surface area contributed by atoms with Crippen molar-refractivity contribution in [1.29, 1.82) is 0 Å². The number of hydrogen-bond donors (Lipinski definition) is 1. The standard InChI is InChI=1S/C25H23Cl3N2O2/c1-29-25(32)23(14-17-5-3-2-4-6-17)30(16-19-9-12-21(27)22(28)13-19)24(31)15-18-7-10-20(26)11-8-18/h2-13,23H,14-16H2,1H3,(H,29,32)/t23-/m1/s1. The van der Waals surface area contributed by atoms with Crippen molar-refractivity contribution in [3.63, 3.8) is 0 Å². The fourth-order valence-corrected chi connectivity index (χ4v) is 3.88. The van der Waals surface area contributed by atoms with E-state index in [1.54, 1.807) is 42.3 Å². The van der Waals surface area contributed by atoms with Gasteiger partial charge in [-0.1, -0.05) is 83.3 Å². The van der Waals surface area contributed by atoms with Gasteiger partial charge in [-0.2, -0.15) is 0 Å². The lowest BCUT2D eigenvalue weighted by Crippen LogP contribution is -2.50. The highest BCUT2D eigenvalue weighted by atomic mass is 35.5. The first-order chi connectivity index (χ1) is 15.4. The van der Waals surface area contributed by atoms with Crippen molar-refractivity contribution in [2.75, 3.05) is 7.05 Å². The van der Waals surface area contributed by atoms with Crippen molar-refractivity contribution in [2.24, 2.45) is 0 Å². The van der Waals surface area contributed by atoms with Crippen LogP contribution in [0.3, 0.4) is 0 Å². The highest BCUT2D eigenvalue weighted by Crippen LogP contribution is 2.24. The van der Waals surface area contributed by atoms with E-state index < -0.39 is 6.04 Å². The van der Waals surface area contributed by atoms with E-state index >= 15 is 0 Å². The Morgan fingerprint density at radius 2 is 1.50 bits per heavy atom. The summed E-state index contributed by atoms with van der Waals surface area (Å²) in [6.07, 6.45) is 0.523. The van der Waals surface area contributed by atoms with Crippen LogP contribution in [0.2, 0.25) is 15.1 Å². The summed E-state index contributed by atoms with van der Waals surface area (Å²) in [7, 11) is 1.57. The summed E-state index contributed by atoms with van der Waals surface area (Å²) in [4.78, 5) is 28.0. The quantitative estimate of drug-likeness (QED) is 0.449. The molecule has 0 saturated carbocycles. The summed E-state index contributed by atoms with van der Waals surface area (Å²) < 4.78 is 0. The lowest BCUT2D eigenvalue weighted by atomic mass is 10.0. The van der Waals surface area contributed by atoms with Gasteiger partial charge in [-0.3, -0.25) is 9.59 Å². The van der Waals surface area contributed by atoms with E-state index in [0.29, 0.717) is 21.5 Å². The first-order valence-electron chi connectivity index (χ1n) is 10.1. The van der Waals surface area contributed by atoms with Gasteiger partial charge in [-0.05, 0) is 41.0 Å². The average Bonchev–Trinajstić information content (AvgIpc) is 2.80. The number of rotatable bonds is 8. The molecule has 0 radical (unpaired) electrons. The number of hydrogen-bond acceptors (Lipinski definition) is 2. The van der Waals surface area contributed by atoms with Crippen LogP contribution in [-0.2, 0) is 29.0 Å². The molecule has 0 heterocycles. The Labute approximate surface area is 203 Å². The van der Waals surface area contributed by atoms with Gasteiger partial charge >= 0.3 is 0 Å². The van der Waals surface area contributed by atoms with Gasteiger partial charge in [0.2, 0.25) is 11.8 Å². The third-order valence-corrected chi connectivity index (χ3v) is 6.11. The van der Waals surface area contributed by atoms with E-state index in [-0.39, 0.29) is 24.8 Å². The van der Waals surface area contributed by atoms with Gasteiger partial charge in [0.15, 0.2) is 0 Å². The number of carbonyl (C=O) groups is 2. The molecule has 0 aliphatic carbocycles. The fourth-order valence-electron chi connectivity index (χ4n) is 3.43. The molecule has 7 heteroatoms. The molecule has 2 amide bonds. The summed E-state index contributed by atoms with van der Waals surface area (Å²) in [6, 6.07) is 21.2. The molecular formula is C25H23Cl3N2O2. The maximum absolute atomic E-state index is 13.5. The number of nitrogens with zero attached hydrogens (tertiary/aromatic N) is 1. The van der Waals surface area contributed by atoms with Gasteiger partial charge in [-0.25, -0.2) is 0 Å². The topological polar surface area (TPSA) is 49.4 Å². The molecular weight excluding hydrogens is 467 g/mol. The molecule has 3 aromatic carbocycles. The average molecular weight is 490 g/mol. The third-order valence-electron chi connectivity index (χ3n) is 5.12. The van der Waals surface area contributed by atoms with E-state index in [1.165, 1.54) is 0 Å². The monoisotopic (exact) mass is 488 g/mol. The molecule has 0 aliphatic rings. The van der Waals surface area contributed by atoms with Crippen LogP contribution in [0, 0.1) is 0 Å². The lowest BCUT2D eigenvalue weighted by molar-refractivity contribution is -0.140. The summed E-state index contributed by atoms with van der Waals surface area (Å²) in [5.41, 5.74) is 2.55. The van der Waals surface area contributed by atoms with Crippen molar-refractivity contribution < 1.29 is 9.59 Å². The first kappa shape index (κ1) is 24.1. The highest BCUT2D eigenvalue weighted by Gasteiger charge is 2.30. The number of benzene rings is 3. The van der Waals surface area contributed by atoms with Gasteiger partial charge in [0.05, 0.1) is 16.5 Å². The van der Waals surface area contributed by atoms with E-state index in [4.69, 9.17) is 34.8 Å². The molecule has 1 N–H and O–H groups in total. The maximum atomic E-state index is 13.5. The molecule has 0 saturated heterocycles. The second-order valence-corrected chi connectivity index (χ2v) is 8.64. The first-order valence-corrected chi connectivity index (χ1v) is 11.2. The normalized spacial score (nSPS) is 11.6. The Balaban J connectivity index is 1.94. The van der Waals surface area contributed by atoms with Crippen LogP contribution in [0.1, 0.15) is 16.7 Å². The lowest BCUT2D eigenvalue weighted by Gasteiger charge is -2.31. The van der Waals surface area contributed by atoms with Crippen LogP contribution in [0.5, 0.6) is 0 Å². The second kappa shape index (κ2) is 11.4. The number of carbonyl (C=O) groups excluding carboxylic acids is 2. The van der Waals surface area contributed by atoms with Crippen molar-refractivity contribution in [1.82, 2.24) is 10.2 Å². The van der Waals surface area contributed by atoms with Crippen molar-refractivity contribution in [3.8, 4) is 0 Å². The fraction of sp³-hybridized carbons (Fsp3) is 0.200. The number of amides is 2. The van der Waals surface area contributed by atoms with Crippen LogP contribution in [0.4, 0.5) is 0 Å². The summed E-state index contributed by atoms with van der Waals surface area (Å²) in [5.74, 6) is -0.415. The van der Waals surface area contributed by atoms with Crippen LogP contribution in [0.15, 0.2) is 72.8 Å². The molecule has 0 spiro atoms. The molecule has 0 fully saturated rings. The molecule has 3 aromatic rings. The molecule has 0 aliphatic heterocycles. The smallest absolute Gasteiger partial charge is 0.242 e. The Morgan fingerprint density at radius 1 is 0.844 bits per heavy atom. The van der Waals surface area contributed by atoms with Gasteiger partial charge in [0, 0.05) is 25.0 Å². The Hall–Kier alpha value is -2.53. The highest BCUT2D eigenvalue weighted by molar-refractivity contribution is 6.42. The minimum absolute atomic E-state index is 0.140. The van der Waals surface area contributed by atoms with E-state index in [2.05, 4.69) is 5.32 Å².